The normalized spacial score (nSPS) is 10.2. The standard InChI is InChI=1S/C21H26N2O4/c1-23(2)21(25)16-7-5-15(6-8-16)14-22-20(24)12-9-17-13-18(26-3)10-11-19(17)27-4/h5-8,10-11,13H,9,12,14H2,1-4H3,(H,22,24). The summed E-state index contributed by atoms with van der Waals surface area (Å²) in [6.07, 6.45) is 0.906. The molecule has 6 nitrogen and oxygen atoms in total. The maximum Gasteiger partial charge on any atom is 0.253 e. The van der Waals surface area contributed by atoms with Crippen LogP contribution in [0.25, 0.3) is 0 Å². The fraction of sp³-hybridized carbons (Fsp3) is 0.333. The summed E-state index contributed by atoms with van der Waals surface area (Å²) in [4.78, 5) is 25.6. The van der Waals surface area contributed by atoms with E-state index in [1.54, 1.807) is 40.4 Å². The van der Waals surface area contributed by atoms with Gasteiger partial charge in [0.15, 0.2) is 0 Å². The van der Waals surface area contributed by atoms with Crippen molar-refractivity contribution in [3.05, 3.63) is 59.2 Å². The van der Waals surface area contributed by atoms with Gasteiger partial charge >= 0.3 is 0 Å². The first-order chi connectivity index (χ1) is 12.9. The van der Waals surface area contributed by atoms with Crippen LogP contribution in [-0.2, 0) is 17.8 Å². The minimum atomic E-state index is -0.0479. The van der Waals surface area contributed by atoms with Gasteiger partial charge in [-0.15, -0.1) is 0 Å². The Labute approximate surface area is 160 Å². The lowest BCUT2D eigenvalue weighted by Crippen LogP contribution is -2.23. The van der Waals surface area contributed by atoms with E-state index in [4.69, 9.17) is 9.47 Å². The highest BCUT2D eigenvalue weighted by atomic mass is 16.5. The molecule has 0 aliphatic carbocycles. The summed E-state index contributed by atoms with van der Waals surface area (Å²) in [6, 6.07) is 12.8. The third-order valence-electron chi connectivity index (χ3n) is 4.21. The van der Waals surface area contributed by atoms with Gasteiger partial charge in [-0.3, -0.25) is 9.59 Å². The maximum atomic E-state index is 12.2. The van der Waals surface area contributed by atoms with E-state index in [9.17, 15) is 9.59 Å². The molecule has 0 heterocycles. The molecule has 0 aromatic heterocycles. The number of methoxy groups -OCH3 is 2. The van der Waals surface area contributed by atoms with Crippen molar-refractivity contribution in [1.29, 1.82) is 0 Å². The van der Waals surface area contributed by atoms with Crippen molar-refractivity contribution in [3.8, 4) is 11.5 Å². The molecular weight excluding hydrogens is 344 g/mol. The van der Waals surface area contributed by atoms with Crippen molar-refractivity contribution >= 4 is 11.8 Å². The number of benzene rings is 2. The number of amides is 2. The Morgan fingerprint density at radius 3 is 2.30 bits per heavy atom. The maximum absolute atomic E-state index is 12.2. The van der Waals surface area contributed by atoms with Gasteiger partial charge in [0.2, 0.25) is 5.91 Å². The molecule has 0 aliphatic heterocycles. The van der Waals surface area contributed by atoms with Gasteiger partial charge in [0, 0.05) is 32.6 Å². The van der Waals surface area contributed by atoms with Gasteiger partial charge in [-0.25, -0.2) is 0 Å². The predicted octanol–water partition coefficient (Wildman–Crippen LogP) is 2.65. The van der Waals surface area contributed by atoms with Crippen molar-refractivity contribution in [1.82, 2.24) is 10.2 Å². The number of hydrogen-bond acceptors (Lipinski definition) is 4. The van der Waals surface area contributed by atoms with Crippen LogP contribution in [-0.4, -0.2) is 45.0 Å². The first-order valence-electron chi connectivity index (χ1n) is 8.72. The molecule has 0 saturated heterocycles. The lowest BCUT2D eigenvalue weighted by atomic mass is 10.1. The van der Waals surface area contributed by atoms with E-state index >= 15 is 0 Å². The number of nitrogens with one attached hydrogen (secondary N) is 1. The first-order valence-corrected chi connectivity index (χ1v) is 8.72. The summed E-state index contributed by atoms with van der Waals surface area (Å²) >= 11 is 0. The van der Waals surface area contributed by atoms with Crippen LogP contribution in [0.5, 0.6) is 11.5 Å². The van der Waals surface area contributed by atoms with E-state index < -0.39 is 0 Å². The molecule has 0 radical (unpaired) electrons. The van der Waals surface area contributed by atoms with E-state index in [0.29, 0.717) is 24.9 Å². The van der Waals surface area contributed by atoms with Crippen molar-refractivity contribution in [2.75, 3.05) is 28.3 Å². The number of ether oxygens (including phenoxy) is 2. The fourth-order valence-electron chi connectivity index (χ4n) is 2.64. The zero-order valence-corrected chi connectivity index (χ0v) is 16.2. The number of carbonyl (C=O) groups excluding carboxylic acids is 2. The van der Waals surface area contributed by atoms with Gasteiger partial charge in [0.25, 0.3) is 5.91 Å². The molecule has 2 aromatic rings. The Balaban J connectivity index is 1.87. The molecule has 0 saturated carbocycles. The Morgan fingerprint density at radius 2 is 1.70 bits per heavy atom. The van der Waals surface area contributed by atoms with Crippen LogP contribution in [0.15, 0.2) is 42.5 Å². The molecule has 2 aromatic carbocycles. The van der Waals surface area contributed by atoms with Gasteiger partial charge < -0.3 is 19.7 Å². The van der Waals surface area contributed by atoms with Gasteiger partial charge in [-0.05, 0) is 47.9 Å². The fourth-order valence-corrected chi connectivity index (χ4v) is 2.64. The van der Waals surface area contributed by atoms with Gasteiger partial charge in [0.1, 0.15) is 11.5 Å². The Hall–Kier alpha value is -3.02. The molecule has 144 valence electrons. The lowest BCUT2D eigenvalue weighted by Gasteiger charge is -2.12. The summed E-state index contributed by atoms with van der Waals surface area (Å²) in [6.45, 7) is 0.421. The Bertz CT molecular complexity index is 785. The quantitative estimate of drug-likeness (QED) is 0.776. The third-order valence-corrected chi connectivity index (χ3v) is 4.21. The number of rotatable bonds is 8. The van der Waals surface area contributed by atoms with Crippen molar-refractivity contribution in [2.45, 2.75) is 19.4 Å². The molecule has 0 bridgehead atoms. The summed E-state index contributed by atoms with van der Waals surface area (Å²) in [5.74, 6) is 1.38. The molecule has 0 fully saturated rings. The van der Waals surface area contributed by atoms with Crippen LogP contribution in [0, 0.1) is 0 Å². The molecule has 27 heavy (non-hydrogen) atoms. The van der Waals surface area contributed by atoms with E-state index in [1.807, 2.05) is 30.3 Å². The monoisotopic (exact) mass is 370 g/mol. The smallest absolute Gasteiger partial charge is 0.253 e. The van der Waals surface area contributed by atoms with Gasteiger partial charge in [0.05, 0.1) is 14.2 Å². The van der Waals surface area contributed by atoms with Crippen molar-refractivity contribution in [3.63, 3.8) is 0 Å². The minimum absolute atomic E-state index is 0.0437. The second-order valence-electron chi connectivity index (χ2n) is 6.35. The highest BCUT2D eigenvalue weighted by molar-refractivity contribution is 5.93. The molecule has 2 amide bonds. The number of aryl methyl sites for hydroxylation is 1. The number of carbonyl (C=O) groups is 2. The second kappa shape index (κ2) is 9.62. The van der Waals surface area contributed by atoms with Crippen LogP contribution >= 0.6 is 0 Å². The van der Waals surface area contributed by atoms with E-state index in [2.05, 4.69) is 5.32 Å². The molecular formula is C21H26N2O4. The number of hydrogen-bond donors (Lipinski definition) is 1. The number of nitrogens with zero attached hydrogens (tertiary/aromatic N) is 1. The minimum Gasteiger partial charge on any atom is -0.497 e. The lowest BCUT2D eigenvalue weighted by molar-refractivity contribution is -0.121. The molecule has 1 N–H and O–H groups in total. The summed E-state index contributed by atoms with van der Waals surface area (Å²) in [7, 11) is 6.65. The van der Waals surface area contributed by atoms with E-state index in [1.165, 1.54) is 4.90 Å². The highest BCUT2D eigenvalue weighted by Gasteiger charge is 2.10. The third kappa shape index (κ3) is 5.74. The Kier molecular flexibility index (Phi) is 7.23. The summed E-state index contributed by atoms with van der Waals surface area (Å²) < 4.78 is 10.6. The molecule has 2 rings (SSSR count). The van der Waals surface area contributed by atoms with E-state index in [0.717, 1.165) is 22.6 Å². The van der Waals surface area contributed by atoms with Crippen molar-refractivity contribution < 1.29 is 19.1 Å². The van der Waals surface area contributed by atoms with Crippen LogP contribution in [0.2, 0.25) is 0 Å². The predicted molar refractivity (Wildman–Crippen MR) is 104 cm³/mol. The van der Waals surface area contributed by atoms with E-state index in [-0.39, 0.29) is 11.8 Å². The van der Waals surface area contributed by atoms with Crippen LogP contribution in [0.4, 0.5) is 0 Å². The average molecular weight is 370 g/mol. The SMILES string of the molecule is COc1ccc(OC)c(CCC(=O)NCc2ccc(C(=O)N(C)C)cc2)c1. The Morgan fingerprint density at radius 1 is 1.00 bits per heavy atom. The second-order valence-corrected chi connectivity index (χ2v) is 6.35. The molecule has 0 unspecified atom stereocenters. The topological polar surface area (TPSA) is 67.9 Å². The first kappa shape index (κ1) is 20.3. The molecule has 0 aliphatic rings. The van der Waals surface area contributed by atoms with Crippen LogP contribution in [0.3, 0.4) is 0 Å². The van der Waals surface area contributed by atoms with Crippen molar-refractivity contribution in [2.24, 2.45) is 0 Å². The largest absolute Gasteiger partial charge is 0.497 e. The van der Waals surface area contributed by atoms with Crippen LogP contribution < -0.4 is 14.8 Å². The molecule has 0 spiro atoms. The van der Waals surface area contributed by atoms with Gasteiger partial charge in [-0.2, -0.15) is 0 Å². The molecule has 6 heteroatoms. The summed E-state index contributed by atoms with van der Waals surface area (Å²) in [5, 5.41) is 2.90. The summed E-state index contributed by atoms with van der Waals surface area (Å²) in [5.41, 5.74) is 2.50. The zero-order valence-electron chi connectivity index (χ0n) is 16.2. The van der Waals surface area contributed by atoms with Gasteiger partial charge in [-0.1, -0.05) is 12.1 Å². The van der Waals surface area contributed by atoms with Crippen LogP contribution in [0.1, 0.15) is 27.9 Å². The average Bonchev–Trinajstić information content (AvgIpc) is 2.70. The highest BCUT2D eigenvalue weighted by Crippen LogP contribution is 2.25. The zero-order chi connectivity index (χ0) is 19.8. The molecule has 0 atom stereocenters.